The molecule has 0 bridgehead atoms. The summed E-state index contributed by atoms with van der Waals surface area (Å²) in [5.41, 5.74) is 1.71. The highest BCUT2D eigenvalue weighted by molar-refractivity contribution is 7.07. The summed E-state index contributed by atoms with van der Waals surface area (Å²) in [5, 5.41) is 25.5. The van der Waals surface area contributed by atoms with E-state index < -0.39 is 24.9 Å². The van der Waals surface area contributed by atoms with E-state index in [1.54, 1.807) is 38.4 Å². The van der Waals surface area contributed by atoms with E-state index in [0.717, 1.165) is 11.6 Å². The number of hydrogen-bond donors (Lipinski definition) is 3. The summed E-state index contributed by atoms with van der Waals surface area (Å²) >= 11 is 1.46. The molecule has 0 aliphatic heterocycles. The summed E-state index contributed by atoms with van der Waals surface area (Å²) in [6.45, 7) is 3.11. The smallest absolute Gasteiger partial charge is 0.426 e. The minimum Gasteiger partial charge on any atom is -0.426 e. The number of amides is 3. The molecule has 0 spiro atoms. The van der Waals surface area contributed by atoms with Gasteiger partial charge in [-0.1, -0.05) is 6.58 Å². The number of carbonyl (C=O) groups is 3. The minimum atomic E-state index is -1.76. The second-order valence-electron chi connectivity index (χ2n) is 6.80. The van der Waals surface area contributed by atoms with Gasteiger partial charge in [0, 0.05) is 25.3 Å². The first-order valence-corrected chi connectivity index (χ1v) is 10.1. The number of nitrogens with one attached hydrogen (secondary N) is 1. The van der Waals surface area contributed by atoms with Crippen LogP contribution in [0, 0.1) is 0 Å². The second kappa shape index (κ2) is 10.7. The standard InChI is InChI=1S/C20H24BN3O5S/c1-4-19(26)24(16-7-5-15(6-8-16)20(27)23(2)3)12-18(25)22-17(21(28)29)11-14-9-10-30-13-14/h4-10,13,17,28-29H,1,11-12H2,2-3H3,(H,22,25). The van der Waals surface area contributed by atoms with Crippen LogP contribution >= 0.6 is 11.3 Å². The van der Waals surface area contributed by atoms with Crippen molar-refractivity contribution in [1.29, 1.82) is 0 Å². The Morgan fingerprint density at radius 3 is 2.37 bits per heavy atom. The van der Waals surface area contributed by atoms with Gasteiger partial charge < -0.3 is 20.3 Å². The van der Waals surface area contributed by atoms with Crippen molar-refractivity contribution in [3.05, 3.63) is 64.9 Å². The number of rotatable bonds is 9. The number of hydrogen-bond acceptors (Lipinski definition) is 6. The van der Waals surface area contributed by atoms with Crippen molar-refractivity contribution in [2.45, 2.75) is 12.4 Å². The Bertz CT molecular complexity index is 884. The van der Waals surface area contributed by atoms with Gasteiger partial charge in [-0.05, 0) is 59.2 Å². The van der Waals surface area contributed by atoms with Crippen LogP contribution in [-0.4, -0.2) is 66.4 Å². The molecular weight excluding hydrogens is 405 g/mol. The fraction of sp³-hybridized carbons (Fsp3) is 0.250. The molecule has 0 aliphatic rings. The number of thiophene rings is 1. The van der Waals surface area contributed by atoms with Crippen LogP contribution in [0.3, 0.4) is 0 Å². The van der Waals surface area contributed by atoms with E-state index in [0.29, 0.717) is 11.3 Å². The first-order chi connectivity index (χ1) is 14.2. The molecule has 0 fully saturated rings. The monoisotopic (exact) mass is 429 g/mol. The lowest BCUT2D eigenvalue weighted by Crippen LogP contribution is -2.51. The molecule has 1 heterocycles. The van der Waals surface area contributed by atoms with Crippen LogP contribution in [0.25, 0.3) is 0 Å². The molecule has 30 heavy (non-hydrogen) atoms. The van der Waals surface area contributed by atoms with Gasteiger partial charge in [0.1, 0.15) is 6.54 Å². The summed E-state index contributed by atoms with van der Waals surface area (Å²) in [5.74, 6) is -2.18. The van der Waals surface area contributed by atoms with Gasteiger partial charge in [0.05, 0.1) is 5.94 Å². The molecule has 10 heteroatoms. The second-order valence-corrected chi connectivity index (χ2v) is 7.58. The van der Waals surface area contributed by atoms with E-state index >= 15 is 0 Å². The van der Waals surface area contributed by atoms with E-state index in [1.165, 1.54) is 21.1 Å². The molecule has 158 valence electrons. The van der Waals surface area contributed by atoms with Crippen molar-refractivity contribution in [3.63, 3.8) is 0 Å². The van der Waals surface area contributed by atoms with Gasteiger partial charge in [0.2, 0.25) is 5.91 Å². The van der Waals surface area contributed by atoms with Crippen LogP contribution < -0.4 is 10.2 Å². The third-order valence-electron chi connectivity index (χ3n) is 4.32. The highest BCUT2D eigenvalue weighted by Gasteiger charge is 2.27. The molecule has 3 N–H and O–H groups in total. The molecule has 2 rings (SSSR count). The maximum absolute atomic E-state index is 12.5. The van der Waals surface area contributed by atoms with Gasteiger partial charge in [-0.3, -0.25) is 19.3 Å². The largest absolute Gasteiger partial charge is 0.475 e. The van der Waals surface area contributed by atoms with Crippen molar-refractivity contribution in [3.8, 4) is 0 Å². The Kier molecular flexibility index (Phi) is 8.34. The van der Waals surface area contributed by atoms with E-state index in [2.05, 4.69) is 11.9 Å². The molecule has 0 saturated carbocycles. The third-order valence-corrected chi connectivity index (χ3v) is 5.05. The lowest BCUT2D eigenvalue weighted by atomic mass is 9.76. The van der Waals surface area contributed by atoms with Crippen molar-refractivity contribution >= 4 is 41.9 Å². The van der Waals surface area contributed by atoms with Gasteiger partial charge in [0.25, 0.3) is 11.8 Å². The first kappa shape index (κ1) is 23.3. The predicted molar refractivity (Wildman–Crippen MR) is 117 cm³/mol. The number of benzene rings is 1. The van der Waals surface area contributed by atoms with Gasteiger partial charge in [-0.25, -0.2) is 0 Å². The summed E-state index contributed by atoms with van der Waals surface area (Å²) in [6, 6.07) is 8.09. The summed E-state index contributed by atoms with van der Waals surface area (Å²) < 4.78 is 0. The van der Waals surface area contributed by atoms with E-state index in [1.807, 2.05) is 16.8 Å². The average Bonchev–Trinajstić information content (AvgIpc) is 3.23. The number of anilines is 1. The van der Waals surface area contributed by atoms with Crippen LogP contribution in [0.15, 0.2) is 53.7 Å². The summed E-state index contributed by atoms with van der Waals surface area (Å²) in [6.07, 6.45) is 1.32. The zero-order chi connectivity index (χ0) is 22.3. The molecule has 0 saturated heterocycles. The van der Waals surface area contributed by atoms with E-state index in [4.69, 9.17) is 0 Å². The SMILES string of the molecule is C=CC(=O)N(CC(=O)NC(Cc1ccsc1)B(O)O)c1ccc(C(=O)N(C)C)cc1. The molecule has 2 aromatic rings. The van der Waals surface area contributed by atoms with Gasteiger partial charge in [-0.15, -0.1) is 0 Å². The highest BCUT2D eigenvalue weighted by Crippen LogP contribution is 2.17. The fourth-order valence-electron chi connectivity index (χ4n) is 2.74. The zero-order valence-electron chi connectivity index (χ0n) is 16.8. The number of carbonyl (C=O) groups excluding carboxylic acids is 3. The maximum Gasteiger partial charge on any atom is 0.475 e. The first-order valence-electron chi connectivity index (χ1n) is 9.15. The molecule has 3 amide bonds. The van der Waals surface area contributed by atoms with Crippen LogP contribution in [0.5, 0.6) is 0 Å². The van der Waals surface area contributed by atoms with Crippen molar-refractivity contribution in [2.24, 2.45) is 0 Å². The van der Waals surface area contributed by atoms with Gasteiger partial charge in [-0.2, -0.15) is 11.3 Å². The summed E-state index contributed by atoms with van der Waals surface area (Å²) in [7, 11) is 1.51. The average molecular weight is 429 g/mol. The highest BCUT2D eigenvalue weighted by atomic mass is 32.1. The molecule has 8 nitrogen and oxygen atoms in total. The Labute approximate surface area is 179 Å². The third kappa shape index (κ3) is 6.28. The predicted octanol–water partition coefficient (Wildman–Crippen LogP) is 0.708. The van der Waals surface area contributed by atoms with Crippen LogP contribution in [0.2, 0.25) is 0 Å². The van der Waals surface area contributed by atoms with Crippen LogP contribution in [0.4, 0.5) is 5.69 Å². The maximum atomic E-state index is 12.5. The quantitative estimate of drug-likeness (QED) is 0.402. The molecular formula is C20H24BN3O5S. The van der Waals surface area contributed by atoms with Crippen molar-refractivity contribution < 1.29 is 24.4 Å². The Hall–Kier alpha value is -2.95. The molecule has 1 unspecified atom stereocenters. The molecule has 1 atom stereocenters. The normalized spacial score (nSPS) is 11.3. The lowest BCUT2D eigenvalue weighted by molar-refractivity contribution is -0.122. The van der Waals surface area contributed by atoms with Gasteiger partial charge >= 0.3 is 7.12 Å². The van der Waals surface area contributed by atoms with Crippen molar-refractivity contribution in [1.82, 2.24) is 10.2 Å². The van der Waals surface area contributed by atoms with E-state index in [-0.39, 0.29) is 18.9 Å². The van der Waals surface area contributed by atoms with Gasteiger partial charge in [0.15, 0.2) is 0 Å². The topological polar surface area (TPSA) is 110 Å². The number of nitrogens with zero attached hydrogens (tertiary/aromatic N) is 2. The molecule has 1 aromatic carbocycles. The Balaban J connectivity index is 2.13. The molecule has 0 radical (unpaired) electrons. The minimum absolute atomic E-state index is 0.186. The fourth-order valence-corrected chi connectivity index (χ4v) is 3.42. The summed E-state index contributed by atoms with van der Waals surface area (Å²) in [4.78, 5) is 39.5. The van der Waals surface area contributed by atoms with E-state index in [9.17, 15) is 24.4 Å². The Morgan fingerprint density at radius 1 is 1.20 bits per heavy atom. The Morgan fingerprint density at radius 2 is 1.87 bits per heavy atom. The van der Waals surface area contributed by atoms with Crippen molar-refractivity contribution in [2.75, 3.05) is 25.5 Å². The zero-order valence-corrected chi connectivity index (χ0v) is 17.6. The lowest BCUT2D eigenvalue weighted by Gasteiger charge is -2.23. The molecule has 1 aromatic heterocycles. The van der Waals surface area contributed by atoms with Crippen LogP contribution in [0.1, 0.15) is 15.9 Å². The molecule has 0 aliphatic carbocycles. The van der Waals surface area contributed by atoms with Crippen LogP contribution in [-0.2, 0) is 16.0 Å².